The molecule has 0 fully saturated rings. The lowest BCUT2D eigenvalue weighted by Crippen LogP contribution is -2.34. The monoisotopic (exact) mass is 747 g/mol. The SMILES string of the molecule is C1=CC(c2cccc(N3c4ccccc4C4=C(c5ccccc53)N(c3ccccc3)C3C=CCCC43)c2)CC(C2C=C(c3ccccc3)C=C(c3ccccc3)N2)=C1. The summed E-state index contributed by atoms with van der Waals surface area (Å²) >= 11 is 0. The van der Waals surface area contributed by atoms with Crippen LogP contribution < -0.4 is 15.1 Å². The summed E-state index contributed by atoms with van der Waals surface area (Å²) < 4.78 is 0. The number of rotatable bonds is 6. The Morgan fingerprint density at radius 1 is 0.603 bits per heavy atom. The molecule has 0 spiro atoms. The van der Waals surface area contributed by atoms with Gasteiger partial charge in [-0.05, 0) is 95.1 Å². The van der Waals surface area contributed by atoms with Gasteiger partial charge >= 0.3 is 0 Å². The molecule has 11 rings (SSSR count). The number of fused-ring (bicyclic) bond motifs is 6. The van der Waals surface area contributed by atoms with E-state index in [1.165, 1.54) is 73.0 Å². The highest BCUT2D eigenvalue weighted by Gasteiger charge is 2.45. The average molecular weight is 748 g/mol. The van der Waals surface area contributed by atoms with Crippen LogP contribution in [-0.2, 0) is 0 Å². The average Bonchev–Trinajstić information content (AvgIpc) is 3.59. The van der Waals surface area contributed by atoms with Gasteiger partial charge in [0.25, 0.3) is 0 Å². The molecule has 0 amide bonds. The largest absolute Gasteiger partial charge is 0.375 e. The molecular weight excluding hydrogens is 703 g/mol. The highest BCUT2D eigenvalue weighted by molar-refractivity contribution is 6.10. The maximum atomic E-state index is 3.92. The smallest absolute Gasteiger partial charge is 0.0670 e. The van der Waals surface area contributed by atoms with Gasteiger partial charge in [-0.2, -0.15) is 0 Å². The number of hydrogen-bond acceptors (Lipinski definition) is 3. The predicted octanol–water partition coefficient (Wildman–Crippen LogP) is 13.3. The Bertz CT molecular complexity index is 2700. The minimum atomic E-state index is 0.0786. The van der Waals surface area contributed by atoms with Crippen molar-refractivity contribution in [2.24, 2.45) is 5.92 Å². The molecule has 280 valence electrons. The molecule has 0 saturated carbocycles. The van der Waals surface area contributed by atoms with Gasteiger partial charge in [0.2, 0.25) is 0 Å². The normalized spacial score (nSPS) is 21.8. The van der Waals surface area contributed by atoms with Crippen LogP contribution in [-0.4, -0.2) is 12.1 Å². The summed E-state index contributed by atoms with van der Waals surface area (Å²) in [7, 11) is 0. The fraction of sp³-hybridized carbons (Fsp3) is 0.127. The Labute approximate surface area is 342 Å². The molecular formula is C55H45N3. The van der Waals surface area contributed by atoms with Crippen molar-refractivity contribution in [1.29, 1.82) is 0 Å². The van der Waals surface area contributed by atoms with Crippen LogP contribution in [0.4, 0.5) is 22.7 Å². The first kappa shape index (κ1) is 34.4. The zero-order valence-corrected chi connectivity index (χ0v) is 32.5. The summed E-state index contributed by atoms with van der Waals surface area (Å²) in [6, 6.07) is 60.4. The van der Waals surface area contributed by atoms with E-state index < -0.39 is 0 Å². The molecule has 4 unspecified atom stereocenters. The summed E-state index contributed by atoms with van der Waals surface area (Å²) in [5.74, 6) is 0.644. The van der Waals surface area contributed by atoms with Crippen LogP contribution in [0.3, 0.4) is 0 Å². The van der Waals surface area contributed by atoms with Gasteiger partial charge in [0.15, 0.2) is 0 Å². The molecule has 6 aromatic rings. The minimum absolute atomic E-state index is 0.0786. The summed E-state index contributed by atoms with van der Waals surface area (Å²) in [5.41, 5.74) is 17.8. The van der Waals surface area contributed by atoms with Crippen molar-refractivity contribution in [1.82, 2.24) is 5.32 Å². The second-order valence-corrected chi connectivity index (χ2v) is 16.0. The van der Waals surface area contributed by atoms with E-state index in [-0.39, 0.29) is 18.0 Å². The first-order valence-corrected chi connectivity index (χ1v) is 20.8. The highest BCUT2D eigenvalue weighted by Crippen LogP contribution is 2.57. The van der Waals surface area contributed by atoms with Gasteiger partial charge in [0.1, 0.15) is 0 Å². The topological polar surface area (TPSA) is 18.5 Å². The van der Waals surface area contributed by atoms with Crippen LogP contribution in [0.1, 0.15) is 53.0 Å². The summed E-state index contributed by atoms with van der Waals surface area (Å²) in [6.07, 6.45) is 19.7. The van der Waals surface area contributed by atoms with Crippen LogP contribution in [0.15, 0.2) is 212 Å². The third kappa shape index (κ3) is 5.97. The zero-order chi connectivity index (χ0) is 38.4. The molecule has 3 heterocycles. The molecule has 4 atom stereocenters. The van der Waals surface area contributed by atoms with E-state index in [4.69, 9.17) is 0 Å². The number of nitrogens with zero attached hydrogens (tertiary/aromatic N) is 2. The summed E-state index contributed by atoms with van der Waals surface area (Å²) in [5, 5.41) is 3.92. The Kier molecular flexibility index (Phi) is 8.65. The van der Waals surface area contributed by atoms with E-state index in [0.29, 0.717) is 5.92 Å². The number of allylic oxidation sites excluding steroid dienone is 6. The number of dihydropyridines is 1. The number of para-hydroxylation sites is 3. The number of hydrogen-bond donors (Lipinski definition) is 1. The Hall–Kier alpha value is -6.84. The van der Waals surface area contributed by atoms with Crippen LogP contribution >= 0.6 is 0 Å². The maximum absolute atomic E-state index is 3.92. The Morgan fingerprint density at radius 2 is 1.28 bits per heavy atom. The number of anilines is 4. The third-order valence-corrected chi connectivity index (χ3v) is 12.6. The van der Waals surface area contributed by atoms with Gasteiger partial charge in [-0.1, -0.05) is 164 Å². The number of benzene rings is 6. The van der Waals surface area contributed by atoms with Gasteiger partial charge < -0.3 is 15.1 Å². The standard InChI is InChI=1S/C55H45N3/c1-4-18-38(19-5-1)43-36-49(39-20-6-2-7-21-39)56-50(37-43)42-24-16-22-40(34-42)41-23-17-27-45(35-41)57-51-31-13-10-28-46(51)54-47-29-11-14-32-52(47)58(44-25-8-3-9-26-44)55(54)48-30-12-15-33-53(48)57/h1-10,12-28,30-33,35-37,40,47,50,52,56H,11,29,34H2. The van der Waals surface area contributed by atoms with Gasteiger partial charge in [-0.25, -0.2) is 0 Å². The molecule has 0 bridgehead atoms. The molecule has 3 aliphatic heterocycles. The van der Waals surface area contributed by atoms with E-state index in [9.17, 15) is 0 Å². The molecule has 58 heavy (non-hydrogen) atoms. The van der Waals surface area contributed by atoms with Crippen molar-refractivity contribution < 1.29 is 0 Å². The first-order chi connectivity index (χ1) is 28.8. The van der Waals surface area contributed by atoms with Gasteiger partial charge in [0.05, 0.1) is 29.2 Å². The van der Waals surface area contributed by atoms with E-state index in [1.54, 1.807) is 0 Å². The molecule has 1 N–H and O–H groups in total. The van der Waals surface area contributed by atoms with Crippen molar-refractivity contribution in [3.05, 3.63) is 240 Å². The fourth-order valence-corrected chi connectivity index (χ4v) is 10.0. The quantitative estimate of drug-likeness (QED) is 0.171. The zero-order valence-electron chi connectivity index (χ0n) is 32.5. The highest BCUT2D eigenvalue weighted by atomic mass is 15.2. The Balaban J connectivity index is 0.969. The van der Waals surface area contributed by atoms with E-state index in [1.807, 2.05) is 0 Å². The van der Waals surface area contributed by atoms with Crippen molar-refractivity contribution >= 4 is 45.3 Å². The van der Waals surface area contributed by atoms with E-state index in [0.717, 1.165) is 25.0 Å². The molecule has 6 aromatic carbocycles. The fourth-order valence-electron chi connectivity index (χ4n) is 10.0. The van der Waals surface area contributed by atoms with Crippen LogP contribution in [0.5, 0.6) is 0 Å². The van der Waals surface area contributed by atoms with Crippen LogP contribution in [0, 0.1) is 5.92 Å². The second-order valence-electron chi connectivity index (χ2n) is 16.0. The van der Waals surface area contributed by atoms with Crippen molar-refractivity contribution in [3.8, 4) is 0 Å². The van der Waals surface area contributed by atoms with Gasteiger partial charge in [-0.15, -0.1) is 0 Å². The van der Waals surface area contributed by atoms with E-state index >= 15 is 0 Å². The summed E-state index contributed by atoms with van der Waals surface area (Å²) in [4.78, 5) is 5.16. The predicted molar refractivity (Wildman–Crippen MR) is 243 cm³/mol. The van der Waals surface area contributed by atoms with Crippen molar-refractivity contribution in [2.75, 3.05) is 9.80 Å². The molecule has 0 aromatic heterocycles. The molecule has 3 heteroatoms. The number of nitrogens with one attached hydrogen (secondary N) is 1. The van der Waals surface area contributed by atoms with Crippen molar-refractivity contribution in [3.63, 3.8) is 0 Å². The minimum Gasteiger partial charge on any atom is -0.375 e. The lowest BCUT2D eigenvalue weighted by atomic mass is 9.82. The molecule has 2 aliphatic carbocycles. The van der Waals surface area contributed by atoms with Crippen LogP contribution in [0.25, 0.3) is 22.5 Å². The first-order valence-electron chi connectivity index (χ1n) is 20.8. The Morgan fingerprint density at radius 3 is 2.07 bits per heavy atom. The van der Waals surface area contributed by atoms with Gasteiger partial charge in [0, 0.05) is 40.0 Å². The van der Waals surface area contributed by atoms with E-state index in [2.05, 4.69) is 221 Å². The maximum Gasteiger partial charge on any atom is 0.0670 e. The van der Waals surface area contributed by atoms with Crippen LogP contribution in [0.2, 0.25) is 0 Å². The molecule has 5 aliphatic rings. The third-order valence-electron chi connectivity index (χ3n) is 12.6. The van der Waals surface area contributed by atoms with Crippen molar-refractivity contribution in [2.45, 2.75) is 37.3 Å². The lowest BCUT2D eigenvalue weighted by Gasteiger charge is -2.35. The molecule has 0 saturated heterocycles. The molecule has 0 radical (unpaired) electrons. The summed E-state index contributed by atoms with van der Waals surface area (Å²) in [6.45, 7) is 0. The lowest BCUT2D eigenvalue weighted by molar-refractivity contribution is 0.545. The second kappa shape index (κ2) is 14.6. The molecule has 3 nitrogen and oxygen atoms in total. The van der Waals surface area contributed by atoms with Gasteiger partial charge in [-0.3, -0.25) is 0 Å².